The van der Waals surface area contributed by atoms with Gasteiger partial charge in [0.2, 0.25) is 0 Å². The van der Waals surface area contributed by atoms with Crippen molar-refractivity contribution in [3.05, 3.63) is 59.2 Å². The van der Waals surface area contributed by atoms with Gasteiger partial charge in [-0.05, 0) is 43.3 Å². The zero-order valence-electron chi connectivity index (χ0n) is 14.8. The zero-order valence-corrected chi connectivity index (χ0v) is 14.8. The number of esters is 1. The fourth-order valence-electron chi connectivity index (χ4n) is 2.29. The van der Waals surface area contributed by atoms with Crippen LogP contribution in [0, 0.1) is 0 Å². The van der Waals surface area contributed by atoms with E-state index in [0.717, 1.165) is 0 Å². The van der Waals surface area contributed by atoms with Crippen LogP contribution in [0.1, 0.15) is 38.0 Å². The molecule has 0 saturated carbocycles. The Bertz CT molecular complexity index is 832. The van der Waals surface area contributed by atoms with Crippen molar-refractivity contribution in [1.29, 1.82) is 0 Å². The maximum atomic E-state index is 12.6. The minimum atomic E-state index is -0.531. The number of benzene rings is 2. The van der Waals surface area contributed by atoms with E-state index in [9.17, 15) is 14.4 Å². The Morgan fingerprint density at radius 2 is 1.65 bits per heavy atom. The number of hydrogen-bond donors (Lipinski definition) is 2. The summed E-state index contributed by atoms with van der Waals surface area (Å²) in [5, 5.41) is 5.25. The first-order chi connectivity index (χ1) is 12.5. The maximum absolute atomic E-state index is 12.6. The van der Waals surface area contributed by atoms with Gasteiger partial charge in [0.1, 0.15) is 5.75 Å². The van der Waals surface area contributed by atoms with E-state index >= 15 is 0 Å². The van der Waals surface area contributed by atoms with Crippen molar-refractivity contribution in [3.63, 3.8) is 0 Å². The predicted octanol–water partition coefficient (Wildman–Crippen LogP) is 2.48. The minimum Gasteiger partial charge on any atom is -0.492 e. The van der Waals surface area contributed by atoms with E-state index in [1.807, 2.05) is 6.92 Å². The van der Waals surface area contributed by atoms with Crippen LogP contribution in [-0.2, 0) is 4.74 Å². The molecule has 0 aliphatic carbocycles. The molecule has 7 heteroatoms. The van der Waals surface area contributed by atoms with Crippen LogP contribution in [0.15, 0.2) is 42.5 Å². The van der Waals surface area contributed by atoms with Gasteiger partial charge in [-0.3, -0.25) is 9.59 Å². The third-order valence-electron chi connectivity index (χ3n) is 3.56. The van der Waals surface area contributed by atoms with Crippen molar-refractivity contribution in [2.24, 2.45) is 0 Å². The SMILES string of the molecule is CCOc1ccc(C(=O)NC)cc1NC(=O)c1cccc(C(=O)OC)c1. The molecule has 2 rings (SSSR count). The molecular weight excluding hydrogens is 336 g/mol. The summed E-state index contributed by atoms with van der Waals surface area (Å²) in [6.45, 7) is 2.22. The highest BCUT2D eigenvalue weighted by Crippen LogP contribution is 2.26. The molecule has 0 spiro atoms. The van der Waals surface area contributed by atoms with Crippen molar-refractivity contribution in [2.75, 3.05) is 26.1 Å². The number of anilines is 1. The molecule has 2 aromatic carbocycles. The van der Waals surface area contributed by atoms with E-state index in [2.05, 4.69) is 15.4 Å². The number of hydrogen-bond acceptors (Lipinski definition) is 5. The molecule has 0 fully saturated rings. The number of ether oxygens (including phenoxy) is 2. The van der Waals surface area contributed by atoms with Crippen molar-refractivity contribution in [2.45, 2.75) is 6.92 Å². The van der Waals surface area contributed by atoms with Crippen LogP contribution in [0.5, 0.6) is 5.75 Å². The second-order valence-corrected chi connectivity index (χ2v) is 5.25. The molecule has 7 nitrogen and oxygen atoms in total. The van der Waals surface area contributed by atoms with Crippen LogP contribution in [0.4, 0.5) is 5.69 Å². The van der Waals surface area contributed by atoms with Gasteiger partial charge >= 0.3 is 5.97 Å². The zero-order chi connectivity index (χ0) is 19.1. The molecule has 0 saturated heterocycles. The highest BCUT2D eigenvalue weighted by atomic mass is 16.5. The Morgan fingerprint density at radius 1 is 0.962 bits per heavy atom. The number of rotatable bonds is 6. The Hall–Kier alpha value is -3.35. The first-order valence-corrected chi connectivity index (χ1v) is 7.98. The quantitative estimate of drug-likeness (QED) is 0.776. The van der Waals surface area contributed by atoms with Crippen LogP contribution >= 0.6 is 0 Å². The minimum absolute atomic E-state index is 0.268. The molecular formula is C19H20N2O5. The third kappa shape index (κ3) is 4.38. The summed E-state index contributed by atoms with van der Waals surface area (Å²) in [4.78, 5) is 36.0. The van der Waals surface area contributed by atoms with Crippen molar-refractivity contribution < 1.29 is 23.9 Å². The summed E-state index contributed by atoms with van der Waals surface area (Å²) in [5.41, 5.74) is 1.29. The van der Waals surface area contributed by atoms with E-state index in [4.69, 9.17) is 4.74 Å². The van der Waals surface area contributed by atoms with Gasteiger partial charge in [0.25, 0.3) is 11.8 Å². The summed E-state index contributed by atoms with van der Waals surface area (Å²) in [6, 6.07) is 10.9. The second kappa shape index (κ2) is 8.66. The molecule has 2 amide bonds. The average Bonchev–Trinajstić information content (AvgIpc) is 2.68. The summed E-state index contributed by atoms with van der Waals surface area (Å²) in [5.74, 6) is -0.809. The molecule has 26 heavy (non-hydrogen) atoms. The molecule has 2 N–H and O–H groups in total. The van der Waals surface area contributed by atoms with Gasteiger partial charge in [0.05, 0.1) is 25.0 Å². The summed E-state index contributed by atoms with van der Waals surface area (Å²) in [7, 11) is 2.79. The van der Waals surface area contributed by atoms with Gasteiger partial charge in [0.15, 0.2) is 0 Å². The monoisotopic (exact) mass is 356 g/mol. The fourth-order valence-corrected chi connectivity index (χ4v) is 2.29. The molecule has 0 radical (unpaired) electrons. The van der Waals surface area contributed by atoms with E-state index in [-0.39, 0.29) is 17.0 Å². The van der Waals surface area contributed by atoms with Gasteiger partial charge in [-0.1, -0.05) is 6.07 Å². The fraction of sp³-hybridized carbons (Fsp3) is 0.211. The number of methoxy groups -OCH3 is 1. The average molecular weight is 356 g/mol. The second-order valence-electron chi connectivity index (χ2n) is 5.25. The Balaban J connectivity index is 2.32. The van der Waals surface area contributed by atoms with E-state index in [1.165, 1.54) is 26.3 Å². The molecule has 136 valence electrons. The van der Waals surface area contributed by atoms with Crippen LogP contribution in [-0.4, -0.2) is 38.5 Å². The highest BCUT2D eigenvalue weighted by Gasteiger charge is 2.15. The maximum Gasteiger partial charge on any atom is 0.337 e. The van der Waals surface area contributed by atoms with Crippen molar-refractivity contribution in [1.82, 2.24) is 5.32 Å². The predicted molar refractivity (Wildman–Crippen MR) is 96.7 cm³/mol. The van der Waals surface area contributed by atoms with Crippen LogP contribution in [0.25, 0.3) is 0 Å². The molecule has 0 aliphatic heterocycles. The van der Waals surface area contributed by atoms with Gasteiger partial charge in [0, 0.05) is 18.2 Å². The van der Waals surface area contributed by atoms with Crippen LogP contribution in [0.3, 0.4) is 0 Å². The normalized spacial score (nSPS) is 9.96. The highest BCUT2D eigenvalue weighted by molar-refractivity contribution is 6.07. The molecule has 0 aromatic heterocycles. The number of carbonyl (C=O) groups excluding carboxylic acids is 3. The van der Waals surface area contributed by atoms with Crippen LogP contribution in [0.2, 0.25) is 0 Å². The number of amides is 2. The summed E-state index contributed by atoms with van der Waals surface area (Å²) in [6.07, 6.45) is 0. The molecule has 0 atom stereocenters. The lowest BCUT2D eigenvalue weighted by Gasteiger charge is -2.13. The van der Waals surface area contributed by atoms with Crippen molar-refractivity contribution >= 4 is 23.5 Å². The van der Waals surface area contributed by atoms with E-state index < -0.39 is 11.9 Å². The van der Waals surface area contributed by atoms with Crippen LogP contribution < -0.4 is 15.4 Å². The lowest BCUT2D eigenvalue weighted by molar-refractivity contribution is 0.0600. The Labute approximate surface area is 151 Å². The molecule has 0 unspecified atom stereocenters. The standard InChI is InChI=1S/C19H20N2O5/c1-4-26-16-9-8-13(17(22)20-2)11-15(16)21-18(23)12-6-5-7-14(10-12)19(24)25-3/h5-11H,4H2,1-3H3,(H,20,22)(H,21,23). The van der Waals surface area contributed by atoms with Crippen molar-refractivity contribution in [3.8, 4) is 5.75 Å². The van der Waals surface area contributed by atoms with Gasteiger partial charge in [-0.15, -0.1) is 0 Å². The Morgan fingerprint density at radius 3 is 2.31 bits per heavy atom. The van der Waals surface area contributed by atoms with Gasteiger partial charge < -0.3 is 20.1 Å². The summed E-state index contributed by atoms with van der Waals surface area (Å²) < 4.78 is 10.2. The first-order valence-electron chi connectivity index (χ1n) is 7.98. The van der Waals surface area contributed by atoms with E-state index in [0.29, 0.717) is 23.6 Å². The number of nitrogens with one attached hydrogen (secondary N) is 2. The summed E-state index contributed by atoms with van der Waals surface area (Å²) >= 11 is 0. The van der Waals surface area contributed by atoms with Gasteiger partial charge in [-0.25, -0.2) is 4.79 Å². The lowest BCUT2D eigenvalue weighted by atomic mass is 10.1. The molecule has 0 bridgehead atoms. The third-order valence-corrected chi connectivity index (χ3v) is 3.56. The first kappa shape index (κ1) is 19.0. The largest absolute Gasteiger partial charge is 0.492 e. The molecule has 2 aromatic rings. The topological polar surface area (TPSA) is 93.7 Å². The molecule has 0 aliphatic rings. The van der Waals surface area contributed by atoms with E-state index in [1.54, 1.807) is 30.3 Å². The smallest absolute Gasteiger partial charge is 0.337 e. The van der Waals surface area contributed by atoms with Gasteiger partial charge in [-0.2, -0.15) is 0 Å². The molecule has 0 heterocycles. The Kier molecular flexibility index (Phi) is 6.32. The lowest BCUT2D eigenvalue weighted by Crippen LogP contribution is -2.19. The number of carbonyl (C=O) groups is 3.